The summed E-state index contributed by atoms with van der Waals surface area (Å²) in [6.45, 7) is 13.9. The Morgan fingerprint density at radius 1 is 0.917 bits per heavy atom. The first-order valence-electron chi connectivity index (χ1n) is 8.06. The second-order valence-electron chi connectivity index (χ2n) is 7.19. The number of carbonyl (C=O) groups excluding carboxylic acids is 2. The first-order valence-corrected chi connectivity index (χ1v) is 8.06. The summed E-state index contributed by atoms with van der Waals surface area (Å²) in [7, 11) is 0. The molecule has 0 aliphatic heterocycles. The summed E-state index contributed by atoms with van der Waals surface area (Å²) in [5.41, 5.74) is -1.47. The molecule has 0 rings (SSSR count). The van der Waals surface area contributed by atoms with Gasteiger partial charge in [0.15, 0.2) is 0 Å². The number of rotatable bonds is 7. The Hall–Kier alpha value is -1.34. The minimum Gasteiger partial charge on any atom is -0.442 e. The standard InChI is InChI=1S/C16H32N2O5.CH4/c1-8-9-10-17-11-12-21-18(13(19)22-15(2,3)4)14(20)23-16(5,6)7;/h17H,8-12H2,1-7H3;1H4. The lowest BCUT2D eigenvalue weighted by Gasteiger charge is -2.27. The zero-order valence-corrected chi connectivity index (χ0v) is 15.5. The van der Waals surface area contributed by atoms with Gasteiger partial charge in [-0.05, 0) is 54.5 Å². The van der Waals surface area contributed by atoms with E-state index in [9.17, 15) is 9.59 Å². The molecule has 144 valence electrons. The molecule has 0 saturated carbocycles. The molecule has 1 N–H and O–H groups in total. The number of hydroxylamine groups is 2. The van der Waals surface area contributed by atoms with Crippen LogP contribution in [0.2, 0.25) is 0 Å². The van der Waals surface area contributed by atoms with Gasteiger partial charge in [-0.2, -0.15) is 0 Å². The van der Waals surface area contributed by atoms with E-state index in [1.165, 1.54) is 0 Å². The first-order chi connectivity index (χ1) is 10.5. The summed E-state index contributed by atoms with van der Waals surface area (Å²) in [5.74, 6) is 0. The largest absolute Gasteiger partial charge is 0.444 e. The Bertz CT molecular complexity index is 344. The molecule has 0 saturated heterocycles. The lowest BCUT2D eigenvalue weighted by molar-refractivity contribution is -0.137. The zero-order chi connectivity index (χ0) is 18.1. The second kappa shape index (κ2) is 11.3. The van der Waals surface area contributed by atoms with E-state index in [1.807, 2.05) is 0 Å². The Morgan fingerprint density at radius 2 is 1.38 bits per heavy atom. The van der Waals surface area contributed by atoms with Crippen LogP contribution in [0.25, 0.3) is 0 Å². The van der Waals surface area contributed by atoms with Crippen LogP contribution < -0.4 is 5.32 Å². The van der Waals surface area contributed by atoms with E-state index in [4.69, 9.17) is 14.3 Å². The average molecular weight is 348 g/mol. The van der Waals surface area contributed by atoms with Gasteiger partial charge in [-0.1, -0.05) is 25.8 Å². The number of unbranched alkanes of at least 4 members (excludes halogenated alkanes) is 1. The van der Waals surface area contributed by atoms with Gasteiger partial charge in [-0.3, -0.25) is 4.84 Å². The SMILES string of the molecule is C.CCCCNCCON(C(=O)OC(C)(C)C)C(=O)OC(C)(C)C. The fourth-order valence-corrected chi connectivity index (χ4v) is 1.42. The van der Waals surface area contributed by atoms with E-state index >= 15 is 0 Å². The highest BCUT2D eigenvalue weighted by molar-refractivity contribution is 5.86. The maximum Gasteiger partial charge on any atom is 0.444 e. The van der Waals surface area contributed by atoms with E-state index in [0.29, 0.717) is 11.6 Å². The van der Waals surface area contributed by atoms with E-state index in [0.717, 1.165) is 19.4 Å². The molecule has 0 atom stereocenters. The van der Waals surface area contributed by atoms with E-state index in [1.54, 1.807) is 41.5 Å². The number of carbonyl (C=O) groups is 2. The van der Waals surface area contributed by atoms with Gasteiger partial charge in [0.2, 0.25) is 0 Å². The Labute approximate surface area is 147 Å². The number of amides is 2. The number of imide groups is 1. The lowest BCUT2D eigenvalue weighted by Crippen LogP contribution is -2.44. The highest BCUT2D eigenvalue weighted by Gasteiger charge is 2.32. The number of nitrogens with one attached hydrogen (secondary N) is 1. The highest BCUT2D eigenvalue weighted by atomic mass is 16.8. The maximum atomic E-state index is 12.1. The molecule has 0 unspecified atom stereocenters. The minimum atomic E-state index is -0.889. The third-order valence-electron chi connectivity index (χ3n) is 2.32. The van der Waals surface area contributed by atoms with Crippen molar-refractivity contribution in [1.29, 1.82) is 0 Å². The quantitative estimate of drug-likeness (QED) is 0.551. The van der Waals surface area contributed by atoms with Gasteiger partial charge in [0.25, 0.3) is 0 Å². The predicted molar refractivity (Wildman–Crippen MR) is 94.8 cm³/mol. The van der Waals surface area contributed by atoms with Crippen molar-refractivity contribution in [3.63, 3.8) is 0 Å². The molecule has 0 heterocycles. The van der Waals surface area contributed by atoms with Crippen molar-refractivity contribution in [3.8, 4) is 0 Å². The van der Waals surface area contributed by atoms with Crippen LogP contribution >= 0.6 is 0 Å². The maximum absolute atomic E-state index is 12.1. The highest BCUT2D eigenvalue weighted by Crippen LogP contribution is 2.14. The topological polar surface area (TPSA) is 77.1 Å². The molecule has 7 heteroatoms. The average Bonchev–Trinajstić information content (AvgIpc) is 2.33. The summed E-state index contributed by atoms with van der Waals surface area (Å²) in [4.78, 5) is 29.5. The summed E-state index contributed by atoms with van der Waals surface area (Å²) in [5, 5.41) is 3.70. The molecule has 0 aliphatic carbocycles. The molecular weight excluding hydrogens is 312 g/mol. The molecular formula is C17H36N2O5. The van der Waals surface area contributed by atoms with Crippen molar-refractivity contribution in [2.75, 3.05) is 19.7 Å². The molecule has 0 radical (unpaired) electrons. The Morgan fingerprint density at radius 3 is 1.75 bits per heavy atom. The smallest absolute Gasteiger partial charge is 0.442 e. The summed E-state index contributed by atoms with van der Waals surface area (Å²) >= 11 is 0. The van der Waals surface area contributed by atoms with E-state index in [-0.39, 0.29) is 14.0 Å². The molecule has 2 amide bonds. The number of hydrogen-bond acceptors (Lipinski definition) is 6. The van der Waals surface area contributed by atoms with Crippen LogP contribution in [-0.2, 0) is 14.3 Å². The summed E-state index contributed by atoms with van der Waals surface area (Å²) in [6, 6.07) is 0. The third kappa shape index (κ3) is 13.1. The van der Waals surface area contributed by atoms with Gasteiger partial charge in [0.05, 0.1) is 6.61 Å². The predicted octanol–water partition coefficient (Wildman–Crippen LogP) is 4.12. The van der Waals surface area contributed by atoms with Crippen LogP contribution in [0.4, 0.5) is 9.59 Å². The number of nitrogens with zero attached hydrogens (tertiary/aromatic N) is 1. The van der Waals surface area contributed by atoms with Crippen molar-refractivity contribution in [1.82, 2.24) is 10.4 Å². The summed E-state index contributed by atoms with van der Waals surface area (Å²) < 4.78 is 10.3. The Kier molecular flexibility index (Phi) is 11.7. The fourth-order valence-electron chi connectivity index (χ4n) is 1.42. The van der Waals surface area contributed by atoms with Gasteiger partial charge < -0.3 is 14.8 Å². The minimum absolute atomic E-state index is 0. The van der Waals surface area contributed by atoms with Crippen molar-refractivity contribution in [2.45, 2.75) is 79.9 Å². The van der Waals surface area contributed by atoms with Gasteiger partial charge in [0, 0.05) is 6.54 Å². The molecule has 7 nitrogen and oxygen atoms in total. The van der Waals surface area contributed by atoms with Crippen LogP contribution in [0.15, 0.2) is 0 Å². The molecule has 0 fully saturated rings. The van der Waals surface area contributed by atoms with Crippen LogP contribution in [0.5, 0.6) is 0 Å². The lowest BCUT2D eigenvalue weighted by atomic mass is 10.2. The molecule has 0 aromatic heterocycles. The second-order valence-corrected chi connectivity index (χ2v) is 7.19. The molecule has 0 spiro atoms. The molecule has 24 heavy (non-hydrogen) atoms. The number of hydrogen-bond donors (Lipinski definition) is 1. The van der Waals surface area contributed by atoms with Gasteiger partial charge in [0.1, 0.15) is 11.2 Å². The Balaban J connectivity index is 0. The molecule has 0 aromatic carbocycles. The zero-order valence-electron chi connectivity index (χ0n) is 15.5. The monoisotopic (exact) mass is 348 g/mol. The molecule has 0 aliphatic rings. The van der Waals surface area contributed by atoms with Crippen LogP contribution in [0, 0.1) is 0 Å². The molecule has 0 aromatic rings. The van der Waals surface area contributed by atoms with Crippen molar-refractivity contribution in [2.24, 2.45) is 0 Å². The normalized spacial score (nSPS) is 11.5. The van der Waals surface area contributed by atoms with Gasteiger partial charge >= 0.3 is 12.2 Å². The van der Waals surface area contributed by atoms with Crippen LogP contribution in [0.3, 0.4) is 0 Å². The molecule has 0 bridgehead atoms. The van der Waals surface area contributed by atoms with Gasteiger partial charge in [-0.25, -0.2) is 9.59 Å². The number of ether oxygens (including phenoxy) is 2. The van der Waals surface area contributed by atoms with Crippen LogP contribution in [0.1, 0.15) is 68.7 Å². The van der Waals surface area contributed by atoms with Crippen molar-refractivity contribution in [3.05, 3.63) is 0 Å². The summed E-state index contributed by atoms with van der Waals surface area (Å²) in [6.07, 6.45) is 0.373. The van der Waals surface area contributed by atoms with Crippen molar-refractivity contribution >= 4 is 12.2 Å². The van der Waals surface area contributed by atoms with Crippen LogP contribution in [-0.4, -0.2) is 48.1 Å². The van der Waals surface area contributed by atoms with E-state index < -0.39 is 23.4 Å². The van der Waals surface area contributed by atoms with E-state index in [2.05, 4.69) is 12.2 Å². The third-order valence-corrected chi connectivity index (χ3v) is 2.32. The first kappa shape index (κ1) is 24.9. The van der Waals surface area contributed by atoms with Crippen molar-refractivity contribution < 1.29 is 23.9 Å². The van der Waals surface area contributed by atoms with Gasteiger partial charge in [-0.15, -0.1) is 0 Å². The fraction of sp³-hybridized carbons (Fsp3) is 0.882.